The van der Waals surface area contributed by atoms with Crippen LogP contribution >= 0.6 is 11.6 Å². The zero-order valence-corrected chi connectivity index (χ0v) is 5.68. The van der Waals surface area contributed by atoms with Gasteiger partial charge < -0.3 is 0 Å². The van der Waals surface area contributed by atoms with E-state index in [2.05, 4.69) is 0 Å². The van der Waals surface area contributed by atoms with Gasteiger partial charge in [-0.2, -0.15) is 0 Å². The summed E-state index contributed by atoms with van der Waals surface area (Å²) in [5.74, 6) is 0. The van der Waals surface area contributed by atoms with Crippen LogP contribution in [0.3, 0.4) is 0 Å². The first-order chi connectivity index (χ1) is 4.43. The molecule has 0 aliphatic carbocycles. The Morgan fingerprint density at radius 3 is 2.20 bits per heavy atom. The van der Waals surface area contributed by atoms with Gasteiger partial charge in [0, 0.05) is 5.54 Å². The first-order valence-corrected chi connectivity index (χ1v) is 3.19. The van der Waals surface area contributed by atoms with Gasteiger partial charge in [-0.3, -0.25) is 0 Å². The Labute approximate surface area is 82.0 Å². The maximum atomic E-state index is 5.36. The van der Waals surface area contributed by atoms with Crippen LogP contribution in [-0.2, 0) is 0 Å². The fourth-order valence-corrected chi connectivity index (χ4v) is 0.782. The van der Waals surface area contributed by atoms with Gasteiger partial charge in [-0.05, 0) is 11.6 Å². The van der Waals surface area contributed by atoms with E-state index >= 15 is 0 Å². The molecule has 0 saturated heterocycles. The molecule has 2 heteroatoms. The monoisotopic (exact) mass is 164 g/mol. The molecule has 0 bridgehead atoms. The molecule has 0 aliphatic heterocycles. The van der Waals surface area contributed by atoms with E-state index in [-0.39, 0.29) is 23.1 Å². The van der Waals surface area contributed by atoms with Crippen molar-refractivity contribution in [1.82, 2.24) is 0 Å². The first-order valence-electron chi connectivity index (χ1n) is 2.75. The lowest BCUT2D eigenvalue weighted by Crippen LogP contribution is -1.64. The van der Waals surface area contributed by atoms with Gasteiger partial charge in [0.15, 0.2) is 0 Å². The fourth-order valence-electron chi connectivity index (χ4n) is 0.637. The summed E-state index contributed by atoms with van der Waals surface area (Å²) in [6.07, 6.45) is 1.85. The highest BCUT2D eigenvalue weighted by Crippen LogP contribution is 2.00. The molecule has 50 valence electrons. The molecule has 0 nitrogen and oxygen atoms in total. The largest absolute Gasteiger partial charge is 0.316 e. The van der Waals surface area contributed by atoms with Crippen LogP contribution in [0, 0.1) is 0 Å². The van der Waals surface area contributed by atoms with Gasteiger partial charge in [-0.1, -0.05) is 41.9 Å². The van der Waals surface area contributed by atoms with Crippen LogP contribution in [0.15, 0.2) is 35.9 Å². The molecule has 1 rings (SSSR count). The number of rotatable bonds is 1. The highest BCUT2D eigenvalue weighted by molar-refractivity contribution is 6.27. The Hall–Kier alpha value is 0.0162. The van der Waals surface area contributed by atoms with Crippen LogP contribution in [0.4, 0.5) is 0 Å². The molecule has 0 atom stereocenters. The quantitative estimate of drug-likeness (QED) is 0.558. The molecular weight excluding hydrogens is 156 g/mol. The Morgan fingerprint density at radius 1 is 1.10 bits per heavy atom. The van der Waals surface area contributed by atoms with E-state index in [0.717, 1.165) is 5.56 Å². The first kappa shape index (κ1) is 10.0. The topological polar surface area (TPSA) is 0 Å². The van der Waals surface area contributed by atoms with Crippen molar-refractivity contribution in [3.05, 3.63) is 41.4 Å². The molecule has 0 unspecified atom stereocenters. The zero-order valence-electron chi connectivity index (χ0n) is 4.92. The molecule has 0 radical (unpaired) electrons. The Balaban J connectivity index is 0.000000810. The van der Waals surface area contributed by atoms with E-state index in [0.29, 0.717) is 0 Å². The van der Waals surface area contributed by atoms with Gasteiger partial charge in [0.05, 0.1) is 0 Å². The predicted molar refractivity (Wildman–Crippen MR) is 49.9 cm³/mol. The van der Waals surface area contributed by atoms with Gasteiger partial charge in [0.1, 0.15) is 0 Å². The predicted octanol–water partition coefficient (Wildman–Crippen LogP) is 1.98. The van der Waals surface area contributed by atoms with E-state index in [4.69, 9.17) is 11.6 Å². The molecule has 0 heterocycles. The number of hydrogen-bond acceptors (Lipinski definition) is 0. The van der Waals surface area contributed by atoms with E-state index in [1.807, 2.05) is 36.4 Å². The van der Waals surface area contributed by atoms with Crippen LogP contribution in [0.5, 0.6) is 0 Å². The van der Waals surface area contributed by atoms with Crippen molar-refractivity contribution in [2.24, 2.45) is 0 Å². The highest BCUT2D eigenvalue weighted by Gasteiger charge is 1.78. The minimum Gasteiger partial charge on any atom is -0.0929 e. The van der Waals surface area contributed by atoms with E-state index in [1.165, 1.54) is 5.54 Å². The second-order valence-electron chi connectivity index (χ2n) is 1.70. The van der Waals surface area contributed by atoms with Crippen LogP contribution in [0.2, 0.25) is 0 Å². The Bertz CT molecular complexity index is 194. The number of benzene rings is 1. The van der Waals surface area contributed by atoms with Crippen molar-refractivity contribution in [3.8, 4) is 0 Å². The summed E-state index contributed by atoms with van der Waals surface area (Å²) < 4.78 is 0. The Kier molecular flexibility index (Phi) is 5.78. The van der Waals surface area contributed by atoms with Gasteiger partial charge in [0.25, 0.3) is 0 Å². The van der Waals surface area contributed by atoms with Crippen LogP contribution in [0.25, 0.3) is 6.08 Å². The molecule has 1 aromatic carbocycles. The Morgan fingerprint density at radius 2 is 1.70 bits per heavy atom. The zero-order chi connectivity index (χ0) is 6.53. The van der Waals surface area contributed by atoms with Crippen LogP contribution in [-0.4, -0.2) is 23.1 Å². The van der Waals surface area contributed by atoms with Gasteiger partial charge in [-0.25, -0.2) is 0 Å². The number of halogens is 1. The molecule has 0 N–H and O–H groups in total. The van der Waals surface area contributed by atoms with E-state index in [1.54, 1.807) is 0 Å². The minimum atomic E-state index is 0. The maximum Gasteiger partial charge on any atom is 0.316 e. The summed E-state index contributed by atoms with van der Waals surface area (Å²) in [6, 6.07) is 9.93. The summed E-state index contributed by atoms with van der Waals surface area (Å²) in [7, 11) is 0. The summed E-state index contributed by atoms with van der Waals surface area (Å²) in [4.78, 5) is 0. The molecule has 0 amide bonds. The fraction of sp³-hybridized carbons (Fsp3) is 0. The summed E-state index contributed by atoms with van der Waals surface area (Å²) >= 11 is 5.36. The number of hydrogen-bond donors (Lipinski definition) is 0. The van der Waals surface area contributed by atoms with Gasteiger partial charge >= 0.3 is 23.1 Å². The highest BCUT2D eigenvalue weighted by atomic mass is 35.5. The molecule has 0 aromatic heterocycles. The average molecular weight is 165 g/mol. The van der Waals surface area contributed by atoms with Crippen molar-refractivity contribution in [3.63, 3.8) is 0 Å². The summed E-state index contributed by atoms with van der Waals surface area (Å²) in [6.45, 7) is 0. The van der Waals surface area contributed by atoms with Gasteiger partial charge in [0.2, 0.25) is 0 Å². The van der Waals surface area contributed by atoms with E-state index < -0.39 is 0 Å². The third-order valence-electron chi connectivity index (χ3n) is 1.06. The van der Waals surface area contributed by atoms with Crippen LogP contribution < -0.4 is 0 Å². The minimum absolute atomic E-state index is 0. The van der Waals surface area contributed by atoms with Crippen molar-refractivity contribution in [2.45, 2.75) is 0 Å². The smallest absolute Gasteiger partial charge is 0.0929 e. The molecule has 1 aromatic rings. The molecule has 0 aliphatic rings. The SMILES string of the molecule is ClC=Cc1ccccc1.[MgH2]. The van der Waals surface area contributed by atoms with Crippen LogP contribution in [0.1, 0.15) is 5.56 Å². The van der Waals surface area contributed by atoms with Crippen molar-refractivity contribution in [2.75, 3.05) is 0 Å². The third-order valence-corrected chi connectivity index (χ3v) is 1.18. The van der Waals surface area contributed by atoms with E-state index in [9.17, 15) is 0 Å². The molecule has 10 heavy (non-hydrogen) atoms. The second-order valence-corrected chi connectivity index (χ2v) is 1.96. The molecule has 0 fully saturated rings. The lowest BCUT2D eigenvalue weighted by Gasteiger charge is -1.86. The maximum absolute atomic E-state index is 5.36. The molecule has 0 spiro atoms. The summed E-state index contributed by atoms with van der Waals surface area (Å²) in [5, 5.41) is 0. The average Bonchev–Trinajstić information content (AvgIpc) is 1.91. The lowest BCUT2D eigenvalue weighted by atomic mass is 10.2. The van der Waals surface area contributed by atoms with Crippen molar-refractivity contribution in [1.29, 1.82) is 0 Å². The second kappa shape index (κ2) is 5.78. The molecule has 0 saturated carbocycles. The van der Waals surface area contributed by atoms with Gasteiger partial charge in [-0.15, -0.1) is 0 Å². The standard InChI is InChI=1S/C8H7Cl.Mg.2H/c9-7-6-8-4-2-1-3-5-8;;;/h1-7H;;;. The van der Waals surface area contributed by atoms with Crippen molar-refractivity contribution < 1.29 is 0 Å². The summed E-state index contributed by atoms with van der Waals surface area (Å²) in [5.41, 5.74) is 2.64. The normalized spacial score (nSPS) is 9.30. The molecular formula is C8H9ClMg. The third kappa shape index (κ3) is 3.25. The van der Waals surface area contributed by atoms with Crippen molar-refractivity contribution >= 4 is 40.7 Å². The lowest BCUT2D eigenvalue weighted by molar-refractivity contribution is 1.66.